The Labute approximate surface area is 132 Å². The highest BCUT2D eigenvalue weighted by atomic mass is 35.5. The summed E-state index contributed by atoms with van der Waals surface area (Å²) in [5.74, 6) is -0.487. The number of amides is 1. The van der Waals surface area contributed by atoms with Gasteiger partial charge in [0.2, 0.25) is 0 Å². The highest BCUT2D eigenvalue weighted by molar-refractivity contribution is 7.89. The number of nitrogens with zero attached hydrogens (tertiary/aromatic N) is 1. The molecular formula is C13H12Cl2N2O3S. The van der Waals surface area contributed by atoms with E-state index in [0.717, 1.165) is 17.1 Å². The van der Waals surface area contributed by atoms with Gasteiger partial charge in [0.05, 0.1) is 10.1 Å². The molecule has 1 N–H and O–H groups in total. The Balaban J connectivity index is 2.19. The molecular weight excluding hydrogens is 335 g/mol. The van der Waals surface area contributed by atoms with Gasteiger partial charge in [0, 0.05) is 18.7 Å². The van der Waals surface area contributed by atoms with Crippen LogP contribution in [0, 0.1) is 0 Å². The van der Waals surface area contributed by atoms with Crippen LogP contribution in [0.15, 0.2) is 28.8 Å². The summed E-state index contributed by atoms with van der Waals surface area (Å²) in [5.41, 5.74) is 0.182. The molecule has 112 valence electrons. The quantitative estimate of drug-likeness (QED) is 0.892. The van der Waals surface area contributed by atoms with Gasteiger partial charge in [0.15, 0.2) is 0 Å². The van der Waals surface area contributed by atoms with Crippen LogP contribution in [-0.2, 0) is 14.8 Å². The van der Waals surface area contributed by atoms with Crippen LogP contribution in [0.5, 0.6) is 0 Å². The summed E-state index contributed by atoms with van der Waals surface area (Å²) < 4.78 is 26.0. The summed E-state index contributed by atoms with van der Waals surface area (Å²) in [5, 5.41) is 2.92. The molecule has 0 bridgehead atoms. The molecule has 1 aliphatic heterocycles. The van der Waals surface area contributed by atoms with Gasteiger partial charge in [-0.2, -0.15) is 0 Å². The first-order valence-electron chi connectivity index (χ1n) is 6.32. The van der Waals surface area contributed by atoms with Crippen molar-refractivity contribution in [2.24, 2.45) is 0 Å². The molecule has 0 spiro atoms. The standard InChI is InChI=1S/C13H12Cl2N2O3S/c1-17-11(13(18)16-7-5-6-7)10(15)8-3-2-4-9(14)12(8)21(17,19)20/h2-4,7H,5-6H2,1H3,(H,16,18). The van der Waals surface area contributed by atoms with E-state index < -0.39 is 15.9 Å². The van der Waals surface area contributed by atoms with E-state index >= 15 is 0 Å². The van der Waals surface area contributed by atoms with Crippen molar-refractivity contribution in [2.45, 2.75) is 23.8 Å². The third-order valence-corrected chi connectivity index (χ3v) is 6.14. The minimum atomic E-state index is -3.90. The van der Waals surface area contributed by atoms with Crippen molar-refractivity contribution in [3.05, 3.63) is 34.5 Å². The van der Waals surface area contributed by atoms with Crippen LogP contribution in [0.4, 0.5) is 0 Å². The lowest BCUT2D eigenvalue weighted by Crippen LogP contribution is -2.40. The van der Waals surface area contributed by atoms with Crippen molar-refractivity contribution in [3.63, 3.8) is 0 Å². The second-order valence-electron chi connectivity index (χ2n) is 5.00. The number of rotatable bonds is 2. The Hall–Kier alpha value is -1.24. The Bertz CT molecular complexity index is 770. The van der Waals surface area contributed by atoms with Crippen LogP contribution in [0.2, 0.25) is 5.02 Å². The Morgan fingerprint density at radius 3 is 2.62 bits per heavy atom. The maximum atomic E-state index is 12.6. The molecule has 21 heavy (non-hydrogen) atoms. The third-order valence-electron chi connectivity index (χ3n) is 3.47. The first-order chi connectivity index (χ1) is 9.84. The zero-order valence-corrected chi connectivity index (χ0v) is 13.4. The average molecular weight is 347 g/mol. The Morgan fingerprint density at radius 1 is 1.33 bits per heavy atom. The van der Waals surface area contributed by atoms with Gasteiger partial charge < -0.3 is 5.32 Å². The number of halogens is 2. The molecule has 1 aromatic carbocycles. The lowest BCUT2D eigenvalue weighted by atomic mass is 10.1. The predicted molar refractivity (Wildman–Crippen MR) is 80.3 cm³/mol. The van der Waals surface area contributed by atoms with E-state index in [1.54, 1.807) is 12.1 Å². The van der Waals surface area contributed by atoms with Crippen molar-refractivity contribution in [3.8, 4) is 0 Å². The summed E-state index contributed by atoms with van der Waals surface area (Å²) >= 11 is 12.3. The molecule has 5 nitrogen and oxygen atoms in total. The Morgan fingerprint density at radius 2 is 2.00 bits per heavy atom. The number of hydrogen-bond donors (Lipinski definition) is 1. The van der Waals surface area contributed by atoms with Gasteiger partial charge in [0.25, 0.3) is 15.9 Å². The second-order valence-corrected chi connectivity index (χ2v) is 7.69. The van der Waals surface area contributed by atoms with Crippen molar-refractivity contribution in [2.75, 3.05) is 7.05 Å². The van der Waals surface area contributed by atoms with Crippen LogP contribution in [0.1, 0.15) is 18.4 Å². The number of nitrogens with one attached hydrogen (secondary N) is 1. The molecule has 1 heterocycles. The molecule has 2 aliphatic rings. The number of likely N-dealkylation sites (N-methyl/N-ethyl adjacent to an activating group) is 1. The molecule has 1 aliphatic carbocycles. The van der Waals surface area contributed by atoms with Gasteiger partial charge in [-0.25, -0.2) is 8.42 Å². The fourth-order valence-electron chi connectivity index (χ4n) is 2.19. The molecule has 0 atom stereocenters. The molecule has 1 amide bonds. The molecule has 0 saturated heterocycles. The predicted octanol–water partition coefficient (Wildman–Crippen LogP) is 2.16. The summed E-state index contributed by atoms with van der Waals surface area (Å²) in [6, 6.07) is 4.72. The zero-order chi connectivity index (χ0) is 15.4. The van der Waals surface area contributed by atoms with Crippen LogP contribution in [-0.4, -0.2) is 31.7 Å². The molecule has 1 aromatic rings. The van der Waals surface area contributed by atoms with Gasteiger partial charge in [0.1, 0.15) is 10.6 Å². The van der Waals surface area contributed by atoms with E-state index in [1.165, 1.54) is 13.1 Å². The fraction of sp³-hybridized carbons (Fsp3) is 0.308. The van der Waals surface area contributed by atoms with Crippen molar-refractivity contribution < 1.29 is 13.2 Å². The van der Waals surface area contributed by atoms with E-state index in [4.69, 9.17) is 23.2 Å². The van der Waals surface area contributed by atoms with E-state index in [-0.39, 0.29) is 32.3 Å². The number of carbonyl (C=O) groups is 1. The van der Waals surface area contributed by atoms with Crippen molar-refractivity contribution in [1.82, 2.24) is 9.62 Å². The van der Waals surface area contributed by atoms with Crippen molar-refractivity contribution in [1.29, 1.82) is 0 Å². The first-order valence-corrected chi connectivity index (χ1v) is 8.52. The number of sulfonamides is 1. The van der Waals surface area contributed by atoms with E-state index in [9.17, 15) is 13.2 Å². The summed E-state index contributed by atoms with van der Waals surface area (Å²) in [4.78, 5) is 12.2. The third kappa shape index (κ3) is 2.31. The van der Waals surface area contributed by atoms with Gasteiger partial charge in [-0.3, -0.25) is 9.10 Å². The molecule has 0 aromatic heterocycles. The van der Waals surface area contributed by atoms with E-state index in [0.29, 0.717) is 0 Å². The maximum absolute atomic E-state index is 12.6. The van der Waals surface area contributed by atoms with E-state index in [2.05, 4.69) is 5.32 Å². The summed E-state index contributed by atoms with van der Waals surface area (Å²) in [7, 11) is -2.60. The minimum Gasteiger partial charge on any atom is -0.348 e. The highest BCUT2D eigenvalue weighted by Crippen LogP contribution is 2.41. The van der Waals surface area contributed by atoms with Crippen LogP contribution in [0.3, 0.4) is 0 Å². The molecule has 1 saturated carbocycles. The largest absolute Gasteiger partial charge is 0.348 e. The zero-order valence-electron chi connectivity index (χ0n) is 11.1. The summed E-state index contributed by atoms with van der Waals surface area (Å²) in [6.45, 7) is 0. The van der Waals surface area contributed by atoms with Gasteiger partial charge in [-0.15, -0.1) is 0 Å². The van der Waals surface area contributed by atoms with Crippen molar-refractivity contribution >= 4 is 44.2 Å². The lowest BCUT2D eigenvalue weighted by Gasteiger charge is -2.29. The first kappa shape index (κ1) is 14.7. The van der Waals surface area contributed by atoms with Crippen LogP contribution >= 0.6 is 23.2 Å². The minimum absolute atomic E-state index is 0.0675. The van der Waals surface area contributed by atoms with E-state index in [1.807, 2.05) is 0 Å². The monoisotopic (exact) mass is 346 g/mol. The van der Waals surface area contributed by atoms with Gasteiger partial charge >= 0.3 is 0 Å². The number of benzene rings is 1. The van der Waals surface area contributed by atoms with Gasteiger partial charge in [-0.05, 0) is 18.9 Å². The molecule has 8 heteroatoms. The topological polar surface area (TPSA) is 66.5 Å². The summed E-state index contributed by atoms with van der Waals surface area (Å²) in [6.07, 6.45) is 1.80. The SMILES string of the molecule is CN1C(C(=O)NC2CC2)=C(Cl)c2cccc(Cl)c2S1(=O)=O. The number of hydrogen-bond acceptors (Lipinski definition) is 3. The number of fused-ring (bicyclic) bond motifs is 1. The Kier molecular flexibility index (Phi) is 3.43. The molecule has 3 rings (SSSR count). The highest BCUT2D eigenvalue weighted by Gasteiger charge is 2.39. The van der Waals surface area contributed by atoms with Gasteiger partial charge in [-0.1, -0.05) is 35.3 Å². The lowest BCUT2D eigenvalue weighted by molar-refractivity contribution is -0.118. The van der Waals surface area contributed by atoms with Crippen LogP contribution in [0.25, 0.3) is 5.03 Å². The van der Waals surface area contributed by atoms with Crippen LogP contribution < -0.4 is 5.32 Å². The molecule has 0 radical (unpaired) electrons. The smallest absolute Gasteiger partial charge is 0.270 e. The molecule has 0 unspecified atom stereocenters. The second kappa shape index (κ2) is 4.90. The normalized spacial score (nSPS) is 20.2. The number of carbonyl (C=O) groups excluding carboxylic acids is 1. The average Bonchev–Trinajstić information content (AvgIpc) is 3.20. The maximum Gasteiger partial charge on any atom is 0.270 e. The molecule has 1 fully saturated rings. The fourth-order valence-corrected chi connectivity index (χ4v) is 4.59.